The number of hydrogen-bond acceptors (Lipinski definition) is 2. The Morgan fingerprint density at radius 2 is 1.87 bits per heavy atom. The van der Waals surface area contributed by atoms with Crippen molar-refractivity contribution in [3.8, 4) is 0 Å². The minimum absolute atomic E-state index is 0.119. The summed E-state index contributed by atoms with van der Waals surface area (Å²) < 4.78 is 0. The van der Waals surface area contributed by atoms with Crippen molar-refractivity contribution < 1.29 is 5.11 Å². The van der Waals surface area contributed by atoms with Gasteiger partial charge in [-0.05, 0) is 23.5 Å². The fourth-order valence-corrected chi connectivity index (χ4v) is 1.49. The van der Waals surface area contributed by atoms with Crippen molar-refractivity contribution in [3.05, 3.63) is 35.4 Å². The SMILES string of the molecule is CC(O)C(N)c1cccc(C(C)(C)C)c1. The summed E-state index contributed by atoms with van der Waals surface area (Å²) in [6, 6.07) is 7.84. The quantitative estimate of drug-likeness (QED) is 0.782. The Morgan fingerprint density at radius 3 is 2.33 bits per heavy atom. The molecule has 1 rings (SSSR count). The van der Waals surface area contributed by atoms with Crippen LogP contribution in [0.3, 0.4) is 0 Å². The monoisotopic (exact) mass is 207 g/mol. The van der Waals surface area contributed by atoms with Crippen molar-refractivity contribution in [3.63, 3.8) is 0 Å². The average molecular weight is 207 g/mol. The third-order valence-electron chi connectivity index (χ3n) is 2.66. The van der Waals surface area contributed by atoms with E-state index in [0.717, 1.165) is 5.56 Å². The Morgan fingerprint density at radius 1 is 1.27 bits per heavy atom. The molecular weight excluding hydrogens is 186 g/mol. The van der Waals surface area contributed by atoms with Crippen LogP contribution in [0.25, 0.3) is 0 Å². The van der Waals surface area contributed by atoms with Gasteiger partial charge in [0.25, 0.3) is 0 Å². The van der Waals surface area contributed by atoms with Crippen LogP contribution in [0.1, 0.15) is 44.9 Å². The Kier molecular flexibility index (Phi) is 3.53. The Bertz CT molecular complexity index is 326. The second kappa shape index (κ2) is 4.33. The second-order valence-electron chi connectivity index (χ2n) is 5.14. The van der Waals surface area contributed by atoms with E-state index in [2.05, 4.69) is 32.9 Å². The molecule has 0 spiro atoms. The zero-order chi connectivity index (χ0) is 11.6. The molecule has 0 heterocycles. The van der Waals surface area contributed by atoms with Crippen LogP contribution in [0.5, 0.6) is 0 Å². The summed E-state index contributed by atoms with van der Waals surface area (Å²) in [4.78, 5) is 0. The first kappa shape index (κ1) is 12.2. The fourth-order valence-electron chi connectivity index (χ4n) is 1.49. The predicted molar refractivity (Wildman–Crippen MR) is 63.8 cm³/mol. The smallest absolute Gasteiger partial charge is 0.0704 e. The van der Waals surface area contributed by atoms with Gasteiger partial charge in [-0.25, -0.2) is 0 Å². The Labute approximate surface area is 92.1 Å². The first-order valence-corrected chi connectivity index (χ1v) is 5.36. The summed E-state index contributed by atoms with van der Waals surface area (Å²) in [7, 11) is 0. The first-order chi connectivity index (χ1) is 6.82. The van der Waals surface area contributed by atoms with Crippen molar-refractivity contribution in [1.82, 2.24) is 0 Å². The van der Waals surface area contributed by atoms with Crippen molar-refractivity contribution in [2.24, 2.45) is 5.73 Å². The Hall–Kier alpha value is -0.860. The molecule has 2 unspecified atom stereocenters. The van der Waals surface area contributed by atoms with Crippen molar-refractivity contribution in [1.29, 1.82) is 0 Å². The van der Waals surface area contributed by atoms with Crippen molar-refractivity contribution in [2.45, 2.75) is 45.3 Å². The maximum absolute atomic E-state index is 9.44. The highest BCUT2D eigenvalue weighted by Crippen LogP contribution is 2.25. The highest BCUT2D eigenvalue weighted by molar-refractivity contribution is 5.30. The van der Waals surface area contributed by atoms with E-state index < -0.39 is 6.10 Å². The molecule has 0 bridgehead atoms. The van der Waals surface area contributed by atoms with Gasteiger partial charge in [0, 0.05) is 0 Å². The van der Waals surface area contributed by atoms with Gasteiger partial charge in [-0.3, -0.25) is 0 Å². The summed E-state index contributed by atoms with van der Waals surface area (Å²) >= 11 is 0. The number of aliphatic hydroxyl groups excluding tert-OH is 1. The van der Waals surface area contributed by atoms with Crippen LogP contribution in [-0.4, -0.2) is 11.2 Å². The van der Waals surface area contributed by atoms with E-state index in [1.54, 1.807) is 6.92 Å². The fraction of sp³-hybridized carbons (Fsp3) is 0.538. The van der Waals surface area contributed by atoms with Crippen LogP contribution in [0.2, 0.25) is 0 Å². The third-order valence-corrected chi connectivity index (χ3v) is 2.66. The molecule has 0 aliphatic rings. The largest absolute Gasteiger partial charge is 0.391 e. The van der Waals surface area contributed by atoms with E-state index in [1.165, 1.54) is 5.56 Å². The lowest BCUT2D eigenvalue weighted by Gasteiger charge is -2.22. The van der Waals surface area contributed by atoms with Gasteiger partial charge in [-0.1, -0.05) is 45.0 Å². The number of rotatable bonds is 2. The van der Waals surface area contributed by atoms with Gasteiger partial charge in [0.15, 0.2) is 0 Å². The summed E-state index contributed by atoms with van der Waals surface area (Å²) in [5, 5.41) is 9.44. The molecule has 0 fully saturated rings. The second-order valence-corrected chi connectivity index (χ2v) is 5.14. The van der Waals surface area contributed by atoms with Crippen LogP contribution in [0.4, 0.5) is 0 Å². The molecular formula is C13H21NO. The molecule has 1 aromatic rings. The minimum Gasteiger partial charge on any atom is -0.391 e. The van der Waals surface area contributed by atoms with Crippen LogP contribution in [-0.2, 0) is 5.41 Å². The van der Waals surface area contributed by atoms with Gasteiger partial charge >= 0.3 is 0 Å². The van der Waals surface area contributed by atoms with Crippen LogP contribution in [0.15, 0.2) is 24.3 Å². The highest BCUT2D eigenvalue weighted by Gasteiger charge is 2.17. The van der Waals surface area contributed by atoms with Crippen molar-refractivity contribution >= 4 is 0 Å². The summed E-state index contributed by atoms with van der Waals surface area (Å²) in [6.07, 6.45) is -0.514. The van der Waals surface area contributed by atoms with E-state index in [9.17, 15) is 5.11 Å². The lowest BCUT2D eigenvalue weighted by Crippen LogP contribution is -2.23. The topological polar surface area (TPSA) is 46.2 Å². The lowest BCUT2D eigenvalue weighted by molar-refractivity contribution is 0.164. The normalized spacial score (nSPS) is 16.1. The molecule has 0 amide bonds. The first-order valence-electron chi connectivity index (χ1n) is 5.36. The van der Waals surface area contributed by atoms with Gasteiger partial charge in [-0.2, -0.15) is 0 Å². The standard InChI is InChI=1S/C13H21NO/c1-9(15)12(14)10-6-5-7-11(8-10)13(2,3)4/h5-9,12,15H,14H2,1-4H3. The van der Waals surface area contributed by atoms with Gasteiger partial charge in [0.05, 0.1) is 12.1 Å². The van der Waals surface area contributed by atoms with E-state index in [0.29, 0.717) is 0 Å². The maximum atomic E-state index is 9.44. The third kappa shape index (κ3) is 3.05. The number of benzene rings is 1. The van der Waals surface area contributed by atoms with Gasteiger partial charge in [0.2, 0.25) is 0 Å². The summed E-state index contributed by atoms with van der Waals surface area (Å²) in [5.74, 6) is 0. The van der Waals surface area contributed by atoms with Crippen molar-refractivity contribution in [2.75, 3.05) is 0 Å². The van der Waals surface area contributed by atoms with Gasteiger partial charge in [0.1, 0.15) is 0 Å². The average Bonchev–Trinajstić information content (AvgIpc) is 2.15. The number of nitrogens with two attached hydrogens (primary N) is 1. The van der Waals surface area contributed by atoms with Crippen LogP contribution >= 0.6 is 0 Å². The molecule has 0 saturated carbocycles. The van der Waals surface area contributed by atoms with Crippen LogP contribution < -0.4 is 5.73 Å². The molecule has 2 nitrogen and oxygen atoms in total. The molecule has 0 saturated heterocycles. The maximum Gasteiger partial charge on any atom is 0.0704 e. The zero-order valence-corrected chi connectivity index (χ0v) is 9.99. The van der Waals surface area contributed by atoms with E-state index in [4.69, 9.17) is 5.73 Å². The molecule has 2 heteroatoms. The molecule has 2 atom stereocenters. The Balaban J connectivity index is 3.03. The molecule has 0 aliphatic carbocycles. The predicted octanol–water partition coefficient (Wildman–Crippen LogP) is 2.36. The molecule has 15 heavy (non-hydrogen) atoms. The van der Waals surface area contributed by atoms with Gasteiger partial charge < -0.3 is 10.8 Å². The van der Waals surface area contributed by atoms with Gasteiger partial charge in [-0.15, -0.1) is 0 Å². The van der Waals surface area contributed by atoms with E-state index in [-0.39, 0.29) is 11.5 Å². The molecule has 3 N–H and O–H groups in total. The number of hydrogen-bond donors (Lipinski definition) is 2. The van der Waals surface area contributed by atoms with Crippen LogP contribution in [0, 0.1) is 0 Å². The lowest BCUT2D eigenvalue weighted by atomic mass is 9.85. The number of aliphatic hydroxyl groups is 1. The molecule has 1 aromatic carbocycles. The summed E-state index contributed by atoms with van der Waals surface area (Å²) in [5.41, 5.74) is 8.26. The molecule has 0 aromatic heterocycles. The molecule has 84 valence electrons. The molecule has 0 radical (unpaired) electrons. The van der Waals surface area contributed by atoms with E-state index in [1.807, 2.05) is 12.1 Å². The minimum atomic E-state index is -0.514. The zero-order valence-electron chi connectivity index (χ0n) is 9.99. The summed E-state index contributed by atoms with van der Waals surface area (Å²) in [6.45, 7) is 8.22. The highest BCUT2D eigenvalue weighted by atomic mass is 16.3. The molecule has 0 aliphatic heterocycles. The van der Waals surface area contributed by atoms with E-state index >= 15 is 0 Å².